The van der Waals surface area contributed by atoms with Gasteiger partial charge in [0, 0.05) is 18.5 Å². The maximum atomic E-state index is 12.3. The van der Waals surface area contributed by atoms with E-state index in [9.17, 15) is 9.59 Å². The molecule has 3 unspecified atom stereocenters. The lowest BCUT2D eigenvalue weighted by Crippen LogP contribution is -2.51. The van der Waals surface area contributed by atoms with Gasteiger partial charge in [0.2, 0.25) is 5.91 Å². The Morgan fingerprint density at radius 3 is 2.60 bits per heavy atom. The lowest BCUT2D eigenvalue weighted by Gasteiger charge is -2.46. The highest BCUT2D eigenvalue weighted by Gasteiger charge is 2.44. The van der Waals surface area contributed by atoms with Crippen molar-refractivity contribution in [3.8, 4) is 0 Å². The number of carbonyl (C=O) groups is 2. The Kier molecular flexibility index (Phi) is 5.99. The lowest BCUT2D eigenvalue weighted by molar-refractivity contribution is -0.143. The molecular weight excluding hydrogens is 256 g/mol. The van der Waals surface area contributed by atoms with E-state index >= 15 is 0 Å². The average Bonchev–Trinajstić information content (AvgIpc) is 2.36. The van der Waals surface area contributed by atoms with E-state index in [1.165, 1.54) is 0 Å². The summed E-state index contributed by atoms with van der Waals surface area (Å²) in [5, 5.41) is 2.85. The first-order valence-corrected chi connectivity index (χ1v) is 7.49. The van der Waals surface area contributed by atoms with E-state index in [1.54, 1.807) is 6.92 Å². The van der Waals surface area contributed by atoms with Crippen LogP contribution < -0.4 is 11.1 Å². The molecule has 0 spiro atoms. The predicted molar refractivity (Wildman–Crippen MR) is 77.9 cm³/mol. The molecule has 0 aromatic heterocycles. The van der Waals surface area contributed by atoms with Crippen LogP contribution in [0.15, 0.2) is 0 Å². The molecule has 1 rings (SSSR count). The largest absolute Gasteiger partial charge is 0.466 e. The van der Waals surface area contributed by atoms with Gasteiger partial charge in [-0.25, -0.2) is 0 Å². The van der Waals surface area contributed by atoms with Crippen LogP contribution in [0.5, 0.6) is 0 Å². The monoisotopic (exact) mass is 284 g/mol. The first-order chi connectivity index (χ1) is 9.30. The van der Waals surface area contributed by atoms with Crippen molar-refractivity contribution >= 4 is 11.9 Å². The zero-order chi connectivity index (χ0) is 15.3. The Morgan fingerprint density at radius 2 is 2.00 bits per heavy atom. The summed E-state index contributed by atoms with van der Waals surface area (Å²) >= 11 is 0. The number of esters is 1. The number of hydrogen-bond donors (Lipinski definition) is 2. The third kappa shape index (κ3) is 3.95. The van der Waals surface area contributed by atoms with Gasteiger partial charge in [-0.05, 0) is 31.1 Å². The first-order valence-electron chi connectivity index (χ1n) is 7.49. The van der Waals surface area contributed by atoms with Gasteiger partial charge in [0.05, 0.1) is 13.0 Å². The van der Waals surface area contributed by atoms with Gasteiger partial charge in [-0.1, -0.05) is 20.8 Å². The molecule has 1 amide bonds. The number of nitrogens with one attached hydrogen (secondary N) is 1. The summed E-state index contributed by atoms with van der Waals surface area (Å²) in [5.41, 5.74) is 5.98. The van der Waals surface area contributed by atoms with Crippen LogP contribution in [-0.2, 0) is 14.3 Å². The van der Waals surface area contributed by atoms with E-state index in [0.29, 0.717) is 19.1 Å². The second-order valence-electron chi connectivity index (χ2n) is 6.25. The summed E-state index contributed by atoms with van der Waals surface area (Å²) in [6, 6.07) is 0.161. The molecule has 1 fully saturated rings. The number of rotatable bonds is 5. The van der Waals surface area contributed by atoms with Gasteiger partial charge in [-0.3, -0.25) is 9.59 Å². The fourth-order valence-electron chi connectivity index (χ4n) is 2.96. The number of hydrogen-bond acceptors (Lipinski definition) is 4. The smallest absolute Gasteiger partial charge is 0.307 e. The standard InChI is InChI=1S/C15H28N2O3/c1-5-20-13(18)8-9-17-14(19)11-6-7-12(16)10(2)15(11,3)4/h10-12H,5-9,16H2,1-4H3,(H,17,19). The molecule has 5 nitrogen and oxygen atoms in total. The summed E-state index contributed by atoms with van der Waals surface area (Å²) in [6.45, 7) is 8.80. The zero-order valence-electron chi connectivity index (χ0n) is 13.1. The van der Waals surface area contributed by atoms with Crippen molar-refractivity contribution in [1.29, 1.82) is 0 Å². The minimum absolute atomic E-state index is 0.0260. The van der Waals surface area contributed by atoms with Crippen LogP contribution in [0.2, 0.25) is 0 Å². The molecule has 3 N–H and O–H groups in total. The van der Waals surface area contributed by atoms with E-state index in [1.807, 2.05) is 0 Å². The van der Waals surface area contributed by atoms with E-state index in [0.717, 1.165) is 12.8 Å². The third-order valence-corrected chi connectivity index (χ3v) is 4.75. The van der Waals surface area contributed by atoms with Crippen LogP contribution in [0.3, 0.4) is 0 Å². The van der Waals surface area contributed by atoms with Gasteiger partial charge < -0.3 is 15.8 Å². The summed E-state index contributed by atoms with van der Waals surface area (Å²) in [6.07, 6.45) is 1.91. The van der Waals surface area contributed by atoms with E-state index in [2.05, 4.69) is 26.1 Å². The minimum atomic E-state index is -0.272. The molecule has 3 atom stereocenters. The third-order valence-electron chi connectivity index (χ3n) is 4.75. The quantitative estimate of drug-likeness (QED) is 0.749. The van der Waals surface area contributed by atoms with Crippen molar-refractivity contribution in [2.45, 2.75) is 53.0 Å². The van der Waals surface area contributed by atoms with Crippen molar-refractivity contribution in [2.24, 2.45) is 23.0 Å². The summed E-state index contributed by atoms with van der Waals surface area (Å²) in [4.78, 5) is 23.5. The Balaban J connectivity index is 2.49. The summed E-state index contributed by atoms with van der Waals surface area (Å²) in [5.74, 6) is 0.0145. The number of carbonyl (C=O) groups excluding carboxylic acids is 2. The van der Waals surface area contributed by atoms with Crippen LogP contribution in [-0.4, -0.2) is 31.1 Å². The van der Waals surface area contributed by atoms with Gasteiger partial charge in [-0.15, -0.1) is 0 Å². The van der Waals surface area contributed by atoms with Crippen LogP contribution in [0.1, 0.15) is 47.0 Å². The topological polar surface area (TPSA) is 81.4 Å². The van der Waals surface area contributed by atoms with Crippen molar-refractivity contribution in [3.63, 3.8) is 0 Å². The Morgan fingerprint density at radius 1 is 1.35 bits per heavy atom. The molecule has 1 aliphatic carbocycles. The van der Waals surface area contributed by atoms with Crippen molar-refractivity contribution in [2.75, 3.05) is 13.2 Å². The molecule has 0 aliphatic heterocycles. The zero-order valence-corrected chi connectivity index (χ0v) is 13.1. The molecule has 0 bridgehead atoms. The molecule has 0 aromatic carbocycles. The van der Waals surface area contributed by atoms with Crippen molar-refractivity contribution in [3.05, 3.63) is 0 Å². The molecular formula is C15H28N2O3. The molecule has 116 valence electrons. The molecule has 0 saturated heterocycles. The summed E-state index contributed by atoms with van der Waals surface area (Å²) < 4.78 is 4.83. The number of nitrogens with two attached hydrogens (primary N) is 1. The molecule has 20 heavy (non-hydrogen) atoms. The van der Waals surface area contributed by atoms with Gasteiger partial charge in [0.15, 0.2) is 0 Å². The average molecular weight is 284 g/mol. The highest BCUT2D eigenvalue weighted by Crippen LogP contribution is 2.44. The van der Waals surface area contributed by atoms with E-state index in [4.69, 9.17) is 10.5 Å². The Labute approximate surface area is 121 Å². The van der Waals surface area contributed by atoms with Gasteiger partial charge in [0.25, 0.3) is 0 Å². The predicted octanol–water partition coefficient (Wildman–Crippen LogP) is 1.46. The van der Waals surface area contributed by atoms with Crippen LogP contribution in [0.25, 0.3) is 0 Å². The number of amides is 1. The molecule has 0 aromatic rings. The molecule has 1 aliphatic rings. The first kappa shape index (κ1) is 17.0. The van der Waals surface area contributed by atoms with E-state index in [-0.39, 0.29) is 35.7 Å². The highest BCUT2D eigenvalue weighted by molar-refractivity contribution is 5.80. The molecule has 5 heteroatoms. The van der Waals surface area contributed by atoms with Crippen LogP contribution in [0.4, 0.5) is 0 Å². The maximum Gasteiger partial charge on any atom is 0.307 e. The van der Waals surface area contributed by atoms with Crippen molar-refractivity contribution < 1.29 is 14.3 Å². The second kappa shape index (κ2) is 7.07. The summed E-state index contributed by atoms with van der Waals surface area (Å²) in [7, 11) is 0. The maximum absolute atomic E-state index is 12.3. The van der Waals surface area contributed by atoms with E-state index < -0.39 is 0 Å². The molecule has 0 radical (unpaired) electrons. The Hall–Kier alpha value is -1.10. The van der Waals surface area contributed by atoms with Crippen LogP contribution >= 0.6 is 0 Å². The lowest BCUT2D eigenvalue weighted by atomic mass is 9.61. The molecule has 0 heterocycles. The second-order valence-corrected chi connectivity index (χ2v) is 6.25. The minimum Gasteiger partial charge on any atom is -0.466 e. The fourth-order valence-corrected chi connectivity index (χ4v) is 2.96. The van der Waals surface area contributed by atoms with Gasteiger partial charge in [0.1, 0.15) is 0 Å². The molecule has 1 saturated carbocycles. The normalized spacial score (nSPS) is 28.8. The highest BCUT2D eigenvalue weighted by atomic mass is 16.5. The van der Waals surface area contributed by atoms with Gasteiger partial charge in [-0.2, -0.15) is 0 Å². The Bertz CT molecular complexity index is 355. The van der Waals surface area contributed by atoms with Gasteiger partial charge >= 0.3 is 5.97 Å². The fraction of sp³-hybridized carbons (Fsp3) is 0.867. The number of ether oxygens (including phenoxy) is 1. The van der Waals surface area contributed by atoms with Crippen LogP contribution in [0, 0.1) is 17.3 Å². The SMILES string of the molecule is CCOC(=O)CCNC(=O)C1CCC(N)C(C)C1(C)C. The van der Waals surface area contributed by atoms with Crippen molar-refractivity contribution in [1.82, 2.24) is 5.32 Å².